The van der Waals surface area contributed by atoms with Crippen LogP contribution < -0.4 is 11.4 Å². The molecule has 0 aliphatic heterocycles. The SMILES string of the molecule is C/C(=N\N)c1c(-c2ccccc2)c2cc(Cl)ccc2[nH]c1=O. The second-order valence-electron chi connectivity index (χ2n) is 4.97. The van der Waals surface area contributed by atoms with Crippen molar-refractivity contribution in [3.05, 3.63) is 69.5 Å². The Kier molecular flexibility index (Phi) is 3.69. The molecule has 0 spiro atoms. The fraction of sp³-hybridized carbons (Fsp3) is 0.0588. The third-order valence-corrected chi connectivity index (χ3v) is 3.83. The van der Waals surface area contributed by atoms with E-state index in [1.807, 2.05) is 36.4 Å². The van der Waals surface area contributed by atoms with E-state index in [4.69, 9.17) is 17.4 Å². The minimum Gasteiger partial charge on any atom is -0.323 e. The molecule has 0 aliphatic rings. The molecule has 1 heterocycles. The second kappa shape index (κ2) is 5.66. The average Bonchev–Trinajstić information content (AvgIpc) is 2.54. The third kappa shape index (κ3) is 2.38. The molecular formula is C17H14ClN3O. The number of nitrogens with zero attached hydrogens (tertiary/aromatic N) is 1. The lowest BCUT2D eigenvalue weighted by molar-refractivity contribution is 1.22. The summed E-state index contributed by atoms with van der Waals surface area (Å²) < 4.78 is 0. The number of aromatic amines is 1. The van der Waals surface area contributed by atoms with Gasteiger partial charge in [0.05, 0.1) is 11.3 Å². The molecule has 0 unspecified atom stereocenters. The predicted octanol–water partition coefficient (Wildman–Crippen LogP) is 3.53. The highest BCUT2D eigenvalue weighted by atomic mass is 35.5. The fourth-order valence-corrected chi connectivity index (χ4v) is 2.75. The molecule has 3 aromatic rings. The first-order chi connectivity index (χ1) is 10.6. The van der Waals surface area contributed by atoms with E-state index >= 15 is 0 Å². The summed E-state index contributed by atoms with van der Waals surface area (Å²) in [6.45, 7) is 1.72. The van der Waals surface area contributed by atoms with Crippen LogP contribution >= 0.6 is 11.6 Å². The van der Waals surface area contributed by atoms with Gasteiger partial charge >= 0.3 is 0 Å². The van der Waals surface area contributed by atoms with Gasteiger partial charge in [-0.15, -0.1) is 0 Å². The number of nitrogens with one attached hydrogen (secondary N) is 1. The van der Waals surface area contributed by atoms with Gasteiger partial charge in [-0.3, -0.25) is 4.79 Å². The van der Waals surface area contributed by atoms with Crippen LogP contribution in [0.2, 0.25) is 5.02 Å². The highest BCUT2D eigenvalue weighted by Crippen LogP contribution is 2.31. The molecule has 0 aliphatic carbocycles. The quantitative estimate of drug-likeness (QED) is 0.432. The first kappa shape index (κ1) is 14.4. The number of halogens is 1. The maximum absolute atomic E-state index is 12.5. The van der Waals surface area contributed by atoms with Crippen molar-refractivity contribution in [1.82, 2.24) is 4.98 Å². The van der Waals surface area contributed by atoms with E-state index in [9.17, 15) is 4.79 Å². The number of H-pyrrole nitrogens is 1. The van der Waals surface area contributed by atoms with E-state index in [-0.39, 0.29) is 5.56 Å². The zero-order valence-corrected chi connectivity index (χ0v) is 12.7. The maximum atomic E-state index is 12.5. The summed E-state index contributed by atoms with van der Waals surface area (Å²) in [5.41, 5.74) is 3.14. The Morgan fingerprint density at radius 3 is 2.59 bits per heavy atom. The summed E-state index contributed by atoms with van der Waals surface area (Å²) in [4.78, 5) is 15.3. The van der Waals surface area contributed by atoms with Crippen molar-refractivity contribution in [3.8, 4) is 11.1 Å². The number of aromatic nitrogens is 1. The van der Waals surface area contributed by atoms with Crippen LogP contribution in [0.3, 0.4) is 0 Å². The van der Waals surface area contributed by atoms with Crippen molar-refractivity contribution in [3.63, 3.8) is 0 Å². The van der Waals surface area contributed by atoms with Gasteiger partial charge in [0, 0.05) is 21.5 Å². The van der Waals surface area contributed by atoms with Gasteiger partial charge in [-0.25, -0.2) is 0 Å². The Balaban J connectivity index is 2.53. The number of hydrogen-bond acceptors (Lipinski definition) is 3. The molecule has 0 amide bonds. The molecule has 0 fully saturated rings. The summed E-state index contributed by atoms with van der Waals surface area (Å²) in [5.74, 6) is 5.40. The zero-order chi connectivity index (χ0) is 15.7. The first-order valence-electron chi connectivity index (χ1n) is 6.77. The number of rotatable bonds is 2. The van der Waals surface area contributed by atoms with Crippen molar-refractivity contribution in [1.29, 1.82) is 0 Å². The van der Waals surface area contributed by atoms with Crippen molar-refractivity contribution >= 4 is 28.2 Å². The number of pyridine rings is 1. The number of fused-ring (bicyclic) bond motifs is 1. The molecule has 0 saturated heterocycles. The molecular weight excluding hydrogens is 298 g/mol. The molecule has 22 heavy (non-hydrogen) atoms. The smallest absolute Gasteiger partial charge is 0.258 e. The van der Waals surface area contributed by atoms with E-state index in [1.54, 1.807) is 19.1 Å². The normalized spacial score (nSPS) is 11.8. The van der Waals surface area contributed by atoms with Crippen LogP contribution in [0.1, 0.15) is 12.5 Å². The van der Waals surface area contributed by atoms with Gasteiger partial charge in [0.25, 0.3) is 5.56 Å². The van der Waals surface area contributed by atoms with Gasteiger partial charge < -0.3 is 10.8 Å². The zero-order valence-electron chi connectivity index (χ0n) is 11.9. The standard InChI is InChI=1S/C17H14ClN3O/c1-10(21-19)15-16(11-5-3-2-4-6-11)13-9-12(18)7-8-14(13)20-17(15)22/h2-9H,19H2,1H3,(H,20,22)/b21-10+. The van der Waals surface area contributed by atoms with Gasteiger partial charge in [0.1, 0.15) is 0 Å². The van der Waals surface area contributed by atoms with Crippen LogP contribution in [0.5, 0.6) is 0 Å². The van der Waals surface area contributed by atoms with Crippen molar-refractivity contribution < 1.29 is 0 Å². The lowest BCUT2D eigenvalue weighted by atomic mass is 9.94. The molecule has 5 heteroatoms. The third-order valence-electron chi connectivity index (χ3n) is 3.59. The summed E-state index contributed by atoms with van der Waals surface area (Å²) in [6.07, 6.45) is 0. The summed E-state index contributed by atoms with van der Waals surface area (Å²) in [6, 6.07) is 15.0. The molecule has 4 nitrogen and oxygen atoms in total. The fourth-order valence-electron chi connectivity index (χ4n) is 2.58. The minimum absolute atomic E-state index is 0.222. The molecule has 110 valence electrons. The Morgan fingerprint density at radius 2 is 1.91 bits per heavy atom. The maximum Gasteiger partial charge on any atom is 0.258 e. The Hall–Kier alpha value is -2.59. The van der Waals surface area contributed by atoms with Gasteiger partial charge in [-0.2, -0.15) is 5.10 Å². The summed E-state index contributed by atoms with van der Waals surface area (Å²) >= 11 is 6.14. The van der Waals surface area contributed by atoms with Crippen molar-refractivity contribution in [2.75, 3.05) is 0 Å². The van der Waals surface area contributed by atoms with Crippen molar-refractivity contribution in [2.45, 2.75) is 6.92 Å². The number of benzene rings is 2. The molecule has 0 saturated carbocycles. The van der Waals surface area contributed by atoms with Crippen LogP contribution in [0.25, 0.3) is 22.0 Å². The Labute approximate surface area is 132 Å². The highest BCUT2D eigenvalue weighted by molar-refractivity contribution is 6.31. The summed E-state index contributed by atoms with van der Waals surface area (Å²) in [7, 11) is 0. The van der Waals surface area contributed by atoms with E-state index in [2.05, 4.69) is 10.1 Å². The summed E-state index contributed by atoms with van der Waals surface area (Å²) in [5, 5.41) is 5.16. The van der Waals surface area contributed by atoms with Gasteiger partial charge in [0.15, 0.2) is 0 Å². The number of nitrogens with two attached hydrogens (primary N) is 1. The van der Waals surface area contributed by atoms with E-state index in [0.717, 1.165) is 22.0 Å². The lowest BCUT2D eigenvalue weighted by Gasteiger charge is -2.12. The lowest BCUT2D eigenvalue weighted by Crippen LogP contribution is -2.19. The molecule has 3 N–H and O–H groups in total. The van der Waals surface area contributed by atoms with Crippen LogP contribution in [-0.4, -0.2) is 10.7 Å². The Morgan fingerprint density at radius 1 is 1.18 bits per heavy atom. The monoisotopic (exact) mass is 311 g/mol. The van der Waals surface area contributed by atoms with E-state index in [0.29, 0.717) is 16.3 Å². The molecule has 2 aromatic carbocycles. The van der Waals surface area contributed by atoms with Crippen LogP contribution in [-0.2, 0) is 0 Å². The molecule has 0 atom stereocenters. The first-order valence-corrected chi connectivity index (χ1v) is 7.15. The van der Waals surface area contributed by atoms with Crippen molar-refractivity contribution in [2.24, 2.45) is 10.9 Å². The van der Waals surface area contributed by atoms with Crippen LogP contribution in [0, 0.1) is 0 Å². The topological polar surface area (TPSA) is 71.2 Å². The van der Waals surface area contributed by atoms with Crippen LogP contribution in [0.4, 0.5) is 0 Å². The van der Waals surface area contributed by atoms with E-state index < -0.39 is 0 Å². The molecule has 0 bridgehead atoms. The molecule has 3 rings (SSSR count). The largest absolute Gasteiger partial charge is 0.323 e. The van der Waals surface area contributed by atoms with Gasteiger partial charge in [-0.1, -0.05) is 41.9 Å². The second-order valence-corrected chi connectivity index (χ2v) is 5.41. The average molecular weight is 312 g/mol. The molecule has 0 radical (unpaired) electrons. The number of hydrogen-bond donors (Lipinski definition) is 2. The van der Waals surface area contributed by atoms with Crippen LogP contribution in [0.15, 0.2) is 58.4 Å². The highest BCUT2D eigenvalue weighted by Gasteiger charge is 2.17. The van der Waals surface area contributed by atoms with Gasteiger partial charge in [0.2, 0.25) is 0 Å². The number of hydrazone groups is 1. The van der Waals surface area contributed by atoms with Gasteiger partial charge in [-0.05, 0) is 30.7 Å². The predicted molar refractivity (Wildman–Crippen MR) is 91.4 cm³/mol. The van der Waals surface area contributed by atoms with E-state index in [1.165, 1.54) is 0 Å². The minimum atomic E-state index is -0.222. The molecule has 1 aromatic heterocycles. The Bertz CT molecular complexity index is 930.